The Morgan fingerprint density at radius 2 is 1.83 bits per heavy atom. The molecule has 1 aromatic heterocycles. The van der Waals surface area contributed by atoms with Gasteiger partial charge < -0.3 is 10.6 Å². The summed E-state index contributed by atoms with van der Waals surface area (Å²) in [6.45, 7) is 1.25. The topological polar surface area (TPSA) is 76.3 Å². The highest BCUT2D eigenvalue weighted by atomic mass is 79.9. The van der Waals surface area contributed by atoms with E-state index in [1.165, 1.54) is 16.7 Å². The molecule has 1 aromatic carbocycles. The van der Waals surface area contributed by atoms with E-state index in [9.17, 15) is 9.59 Å². The van der Waals surface area contributed by atoms with Crippen LogP contribution in [0.25, 0.3) is 0 Å². The maximum Gasteiger partial charge on any atom is 0.231 e. The molecule has 1 unspecified atom stereocenters. The number of benzene rings is 1. The van der Waals surface area contributed by atoms with Crippen LogP contribution in [0, 0.1) is 5.92 Å². The molecule has 1 aliphatic carbocycles. The summed E-state index contributed by atoms with van der Waals surface area (Å²) in [7, 11) is 0. The predicted molar refractivity (Wildman–Crippen MR) is 123 cm³/mol. The van der Waals surface area contributed by atoms with Crippen molar-refractivity contribution < 1.29 is 9.59 Å². The molecule has 5 nitrogen and oxygen atoms in total. The fourth-order valence-electron chi connectivity index (χ4n) is 4.77. The zero-order valence-corrected chi connectivity index (χ0v) is 20.3. The lowest BCUT2D eigenvalue weighted by atomic mass is 9.76. The monoisotopic (exact) mass is 553 g/mol. The molecule has 30 heavy (non-hydrogen) atoms. The first-order valence-electron chi connectivity index (χ1n) is 10.0. The van der Waals surface area contributed by atoms with Crippen molar-refractivity contribution >= 4 is 55.3 Å². The maximum atomic E-state index is 12.3. The molecule has 2 N–H and O–H groups in total. The third kappa shape index (κ3) is 4.43. The molecule has 1 aliphatic heterocycles. The lowest BCUT2D eigenvalue weighted by Gasteiger charge is -2.37. The quantitative estimate of drug-likeness (QED) is 0.563. The first-order valence-corrected chi connectivity index (χ1v) is 12.0. The van der Waals surface area contributed by atoms with Crippen LogP contribution < -0.4 is 5.73 Å². The van der Waals surface area contributed by atoms with E-state index in [2.05, 4.69) is 44.0 Å². The molecule has 2 aromatic rings. The first kappa shape index (κ1) is 21.8. The van der Waals surface area contributed by atoms with Crippen molar-refractivity contribution in [3.63, 3.8) is 0 Å². The molecular weight excluding hydrogens is 534 g/mol. The van der Waals surface area contributed by atoms with Gasteiger partial charge in [0.25, 0.3) is 0 Å². The van der Waals surface area contributed by atoms with Crippen LogP contribution in [-0.2, 0) is 22.4 Å². The lowest BCUT2D eigenvalue weighted by molar-refractivity contribution is -0.136. The predicted octanol–water partition coefficient (Wildman–Crippen LogP) is 4.60. The normalized spacial score (nSPS) is 19.0. The number of likely N-dealkylation sites (tertiary alicyclic amines) is 1. The summed E-state index contributed by atoms with van der Waals surface area (Å²) >= 11 is 13.7. The number of fused-ring (bicyclic) bond motifs is 2. The highest BCUT2D eigenvalue weighted by Crippen LogP contribution is 2.46. The summed E-state index contributed by atoms with van der Waals surface area (Å²) in [5, 5.41) is 0.728. The van der Waals surface area contributed by atoms with Gasteiger partial charge in [0, 0.05) is 39.2 Å². The number of aromatic nitrogens is 1. The fraction of sp³-hybridized carbons (Fsp3) is 0.409. The van der Waals surface area contributed by atoms with E-state index < -0.39 is 5.91 Å². The SMILES string of the molecule is NC(=O)CC(=O)N1CCC(C2c3ncc(Br)cc3CCc3cc(Cl)cc(Br)c32)CC1. The molecule has 1 fully saturated rings. The Hall–Kier alpha value is -1.44. The van der Waals surface area contributed by atoms with Crippen molar-refractivity contribution in [3.8, 4) is 0 Å². The lowest BCUT2D eigenvalue weighted by Crippen LogP contribution is -2.41. The Balaban J connectivity index is 1.69. The second kappa shape index (κ2) is 8.97. The van der Waals surface area contributed by atoms with Crippen molar-refractivity contribution in [1.29, 1.82) is 0 Å². The van der Waals surface area contributed by atoms with E-state index in [0.717, 1.165) is 45.3 Å². The van der Waals surface area contributed by atoms with Gasteiger partial charge in [-0.2, -0.15) is 0 Å². The number of aryl methyl sites for hydroxylation is 2. The number of carbonyl (C=O) groups excluding carboxylic acids is 2. The number of pyridine rings is 1. The second-order valence-corrected chi connectivity index (χ2v) is 10.2. The number of amides is 2. The number of rotatable bonds is 3. The van der Waals surface area contributed by atoms with Gasteiger partial charge in [-0.15, -0.1) is 0 Å². The van der Waals surface area contributed by atoms with E-state index in [1.54, 1.807) is 4.90 Å². The Labute approximate surface area is 197 Å². The standard InChI is InChI=1S/C22H22Br2ClN3O2/c23-15-7-14-2-1-13-8-16(25)9-17(24)20(13)21(22(14)27-11-15)12-3-5-28(6-4-12)19(30)10-18(26)29/h7-9,11-12,21H,1-6,10H2,(H2,26,29). The average molecular weight is 556 g/mol. The molecule has 2 aliphatic rings. The number of hydrogen-bond acceptors (Lipinski definition) is 3. The molecule has 0 radical (unpaired) electrons. The van der Waals surface area contributed by atoms with E-state index in [1.807, 2.05) is 12.3 Å². The van der Waals surface area contributed by atoms with Gasteiger partial charge in [0.1, 0.15) is 6.42 Å². The number of hydrogen-bond donors (Lipinski definition) is 1. The summed E-state index contributed by atoms with van der Waals surface area (Å²) in [6.07, 6.45) is 5.16. The van der Waals surface area contributed by atoms with Crippen LogP contribution in [0.15, 0.2) is 33.3 Å². The van der Waals surface area contributed by atoms with Crippen LogP contribution >= 0.6 is 43.5 Å². The van der Waals surface area contributed by atoms with Crippen molar-refractivity contribution in [3.05, 3.63) is 60.7 Å². The summed E-state index contributed by atoms with van der Waals surface area (Å²) in [4.78, 5) is 30.0. The van der Waals surface area contributed by atoms with E-state index in [-0.39, 0.29) is 18.2 Å². The Bertz CT molecular complexity index is 1010. The highest BCUT2D eigenvalue weighted by Gasteiger charge is 2.36. The number of nitrogens with zero attached hydrogens (tertiary/aromatic N) is 2. The fourth-order valence-corrected chi connectivity index (χ4v) is 6.27. The minimum Gasteiger partial charge on any atom is -0.369 e. The molecule has 0 saturated carbocycles. The molecule has 0 spiro atoms. The largest absolute Gasteiger partial charge is 0.369 e. The molecular formula is C22H22Br2ClN3O2. The van der Waals surface area contributed by atoms with Crippen LogP contribution in [0.1, 0.15) is 47.6 Å². The third-order valence-electron chi connectivity index (χ3n) is 6.11. The third-order valence-corrected chi connectivity index (χ3v) is 7.41. The van der Waals surface area contributed by atoms with Crippen LogP contribution in [0.5, 0.6) is 0 Å². The smallest absolute Gasteiger partial charge is 0.231 e. The number of halogens is 3. The molecule has 1 atom stereocenters. The van der Waals surface area contributed by atoms with Crippen LogP contribution in [-0.4, -0.2) is 34.8 Å². The molecule has 158 valence electrons. The Morgan fingerprint density at radius 1 is 1.13 bits per heavy atom. The van der Waals surface area contributed by atoms with E-state index in [4.69, 9.17) is 22.3 Å². The van der Waals surface area contributed by atoms with Gasteiger partial charge in [-0.25, -0.2) is 0 Å². The van der Waals surface area contributed by atoms with Crippen molar-refractivity contribution in [1.82, 2.24) is 9.88 Å². The molecule has 1 saturated heterocycles. The minimum absolute atomic E-state index is 0.130. The zero-order chi connectivity index (χ0) is 21.4. The first-order chi connectivity index (χ1) is 14.3. The van der Waals surface area contributed by atoms with Gasteiger partial charge in [0.05, 0.1) is 5.69 Å². The number of nitrogens with two attached hydrogens (primary N) is 1. The van der Waals surface area contributed by atoms with Gasteiger partial charge in [0.2, 0.25) is 11.8 Å². The molecule has 0 bridgehead atoms. The summed E-state index contributed by atoms with van der Waals surface area (Å²) < 4.78 is 2.00. The molecule has 4 rings (SSSR count). The minimum atomic E-state index is -0.579. The summed E-state index contributed by atoms with van der Waals surface area (Å²) in [5.41, 5.74) is 10.1. The highest BCUT2D eigenvalue weighted by molar-refractivity contribution is 9.10. The molecule has 2 amide bonds. The molecule has 8 heteroatoms. The summed E-state index contributed by atoms with van der Waals surface area (Å²) in [5.74, 6) is -0.294. The maximum absolute atomic E-state index is 12.3. The van der Waals surface area contributed by atoms with Crippen molar-refractivity contribution in [2.45, 2.75) is 38.0 Å². The van der Waals surface area contributed by atoms with Crippen molar-refractivity contribution in [2.75, 3.05) is 13.1 Å². The number of piperidine rings is 1. The van der Waals surface area contributed by atoms with Crippen LogP contribution in [0.3, 0.4) is 0 Å². The van der Waals surface area contributed by atoms with E-state index >= 15 is 0 Å². The van der Waals surface area contributed by atoms with Gasteiger partial charge in [-0.1, -0.05) is 27.5 Å². The Kier molecular flexibility index (Phi) is 6.51. The average Bonchev–Trinajstić information content (AvgIpc) is 2.84. The molecule has 2 heterocycles. The van der Waals surface area contributed by atoms with E-state index in [0.29, 0.717) is 19.0 Å². The Morgan fingerprint density at radius 3 is 2.53 bits per heavy atom. The van der Waals surface area contributed by atoms with Gasteiger partial charge in [-0.05, 0) is 82.4 Å². The van der Waals surface area contributed by atoms with Gasteiger partial charge in [-0.3, -0.25) is 14.6 Å². The van der Waals surface area contributed by atoms with Gasteiger partial charge in [0.15, 0.2) is 0 Å². The van der Waals surface area contributed by atoms with Crippen molar-refractivity contribution in [2.24, 2.45) is 11.7 Å². The summed E-state index contributed by atoms with van der Waals surface area (Å²) in [6, 6.07) is 6.20. The van der Waals surface area contributed by atoms with Crippen LogP contribution in [0.2, 0.25) is 5.02 Å². The second-order valence-electron chi connectivity index (χ2n) is 8.00. The zero-order valence-electron chi connectivity index (χ0n) is 16.3. The van der Waals surface area contributed by atoms with Crippen LogP contribution in [0.4, 0.5) is 0 Å². The van der Waals surface area contributed by atoms with Gasteiger partial charge >= 0.3 is 0 Å². The number of carbonyl (C=O) groups is 2. The number of primary amides is 1.